The summed E-state index contributed by atoms with van der Waals surface area (Å²) in [7, 11) is 0. The van der Waals surface area contributed by atoms with Crippen molar-refractivity contribution in [3.63, 3.8) is 0 Å². The van der Waals surface area contributed by atoms with Crippen LogP contribution in [0.3, 0.4) is 0 Å². The predicted molar refractivity (Wildman–Crippen MR) is 165 cm³/mol. The summed E-state index contributed by atoms with van der Waals surface area (Å²) in [5, 5.41) is 2.60. The van der Waals surface area contributed by atoms with Gasteiger partial charge in [0.1, 0.15) is 0 Å². The number of aryl methyl sites for hydroxylation is 1. The summed E-state index contributed by atoms with van der Waals surface area (Å²) in [6, 6.07) is 41.8. The highest BCUT2D eigenvalue weighted by atomic mass is 14.9. The molecule has 0 N–H and O–H groups in total. The van der Waals surface area contributed by atoms with Gasteiger partial charge in [0.05, 0.1) is 11.4 Å². The number of rotatable bonds is 2. The van der Waals surface area contributed by atoms with Crippen LogP contribution in [0.5, 0.6) is 0 Å². The molecule has 1 unspecified atom stereocenters. The summed E-state index contributed by atoms with van der Waals surface area (Å²) in [6.07, 6.45) is 2.01. The molecule has 8 rings (SSSR count). The van der Waals surface area contributed by atoms with Crippen molar-refractivity contribution in [2.75, 3.05) is 0 Å². The van der Waals surface area contributed by atoms with E-state index in [9.17, 15) is 0 Å². The van der Waals surface area contributed by atoms with Crippen LogP contribution >= 0.6 is 0 Å². The van der Waals surface area contributed by atoms with E-state index in [-0.39, 0.29) is 11.3 Å². The first-order valence-corrected chi connectivity index (χ1v) is 14.3. The number of aromatic nitrogens is 2. The zero-order chi connectivity index (χ0) is 26.8. The zero-order valence-electron chi connectivity index (χ0n) is 22.9. The van der Waals surface area contributed by atoms with Crippen molar-refractivity contribution >= 4 is 10.8 Å². The van der Waals surface area contributed by atoms with Crippen molar-refractivity contribution in [1.82, 2.24) is 9.97 Å². The van der Waals surface area contributed by atoms with Gasteiger partial charge in [-0.2, -0.15) is 0 Å². The van der Waals surface area contributed by atoms with Crippen LogP contribution < -0.4 is 0 Å². The van der Waals surface area contributed by atoms with Gasteiger partial charge in [-0.25, -0.2) is 9.97 Å². The summed E-state index contributed by atoms with van der Waals surface area (Å²) in [5.41, 5.74) is 12.5. The average molecular weight is 515 g/mol. The van der Waals surface area contributed by atoms with Crippen molar-refractivity contribution in [3.8, 4) is 33.8 Å². The highest BCUT2D eigenvalue weighted by Gasteiger charge is 2.42. The quantitative estimate of drug-likeness (QED) is 0.230. The van der Waals surface area contributed by atoms with Gasteiger partial charge in [0.2, 0.25) is 0 Å². The number of fused-ring (bicyclic) bond motifs is 7. The van der Waals surface area contributed by atoms with E-state index in [1.165, 1.54) is 55.4 Å². The third-order valence-corrected chi connectivity index (χ3v) is 9.08. The highest BCUT2D eigenvalue weighted by Crippen LogP contribution is 2.53. The Bertz CT molecular complexity index is 1930. The van der Waals surface area contributed by atoms with Gasteiger partial charge < -0.3 is 0 Å². The molecule has 2 heteroatoms. The minimum atomic E-state index is -0.181. The molecule has 192 valence electrons. The molecule has 0 amide bonds. The van der Waals surface area contributed by atoms with Crippen molar-refractivity contribution in [1.29, 1.82) is 0 Å². The number of hydrogen-bond donors (Lipinski definition) is 0. The molecule has 1 heterocycles. The van der Waals surface area contributed by atoms with Gasteiger partial charge in [0.25, 0.3) is 0 Å². The Kier molecular flexibility index (Phi) is 5.09. The molecule has 2 nitrogen and oxygen atoms in total. The fourth-order valence-corrected chi connectivity index (χ4v) is 7.16. The Hall–Kier alpha value is -4.56. The fraction of sp³-hybridized carbons (Fsp3) is 0.158. The molecular weight excluding hydrogens is 484 g/mol. The van der Waals surface area contributed by atoms with Gasteiger partial charge in [0, 0.05) is 28.0 Å². The van der Waals surface area contributed by atoms with E-state index in [0.29, 0.717) is 0 Å². The Labute approximate surface area is 235 Å². The second kappa shape index (κ2) is 8.72. The second-order valence-corrected chi connectivity index (χ2v) is 11.7. The first kappa shape index (κ1) is 23.3. The number of nitrogens with zero attached hydrogens (tertiary/aromatic N) is 2. The summed E-state index contributed by atoms with van der Waals surface area (Å²) < 4.78 is 0. The third-order valence-electron chi connectivity index (χ3n) is 9.08. The Balaban J connectivity index is 1.40. The third kappa shape index (κ3) is 3.42. The summed E-state index contributed by atoms with van der Waals surface area (Å²) in [5.74, 6) is 0.978. The van der Waals surface area contributed by atoms with Crippen LogP contribution in [-0.4, -0.2) is 9.97 Å². The molecule has 6 aromatic rings. The smallest absolute Gasteiger partial charge is 0.160 e. The normalized spacial score (nSPS) is 16.5. The Morgan fingerprint density at radius 2 is 1.32 bits per heavy atom. The first-order valence-electron chi connectivity index (χ1n) is 14.3. The molecule has 0 spiro atoms. The van der Waals surface area contributed by atoms with Crippen molar-refractivity contribution in [2.45, 2.75) is 38.0 Å². The maximum absolute atomic E-state index is 5.46. The maximum Gasteiger partial charge on any atom is 0.160 e. The lowest BCUT2D eigenvalue weighted by atomic mass is 9.77. The molecule has 0 aliphatic heterocycles. The van der Waals surface area contributed by atoms with Gasteiger partial charge in [-0.15, -0.1) is 0 Å². The van der Waals surface area contributed by atoms with Gasteiger partial charge in [-0.1, -0.05) is 123 Å². The monoisotopic (exact) mass is 514 g/mol. The van der Waals surface area contributed by atoms with Gasteiger partial charge in [-0.3, -0.25) is 0 Å². The van der Waals surface area contributed by atoms with Crippen LogP contribution in [0, 0.1) is 0 Å². The van der Waals surface area contributed by atoms with Gasteiger partial charge in [-0.05, 0) is 57.5 Å². The van der Waals surface area contributed by atoms with E-state index >= 15 is 0 Å². The van der Waals surface area contributed by atoms with E-state index in [1.807, 2.05) is 0 Å². The van der Waals surface area contributed by atoms with Crippen LogP contribution in [-0.2, 0) is 11.8 Å². The van der Waals surface area contributed by atoms with Crippen LogP contribution in [0.1, 0.15) is 54.1 Å². The molecule has 0 radical (unpaired) electrons. The summed E-state index contributed by atoms with van der Waals surface area (Å²) in [4.78, 5) is 10.7. The highest BCUT2D eigenvalue weighted by molar-refractivity contribution is 5.90. The molecule has 2 aliphatic rings. The second-order valence-electron chi connectivity index (χ2n) is 11.7. The lowest BCUT2D eigenvalue weighted by Gasteiger charge is -2.28. The molecule has 1 atom stereocenters. The topological polar surface area (TPSA) is 25.8 Å². The summed E-state index contributed by atoms with van der Waals surface area (Å²) in [6.45, 7) is 4.69. The Morgan fingerprint density at radius 3 is 2.15 bits per heavy atom. The standard InChI is InChI=1S/C38H30N2/c1-38(2)33-19-11-10-18-31(33)36-34(38)35(39-37(40-36)24-12-4-3-5-13-24)30-21-20-27-22-25-14-6-7-15-26(25)23-32(27)29-17-9-8-16-28(29)30/h3-19,22-23,30H,20-21H2,1-2H3. The van der Waals surface area contributed by atoms with Crippen LogP contribution in [0.25, 0.3) is 44.5 Å². The zero-order valence-corrected chi connectivity index (χ0v) is 22.9. The average Bonchev–Trinajstić information content (AvgIpc) is 3.12. The molecule has 0 fully saturated rings. The number of benzene rings is 5. The van der Waals surface area contributed by atoms with Crippen molar-refractivity contribution in [3.05, 3.63) is 143 Å². The van der Waals surface area contributed by atoms with Gasteiger partial charge in [0.15, 0.2) is 5.82 Å². The molecular formula is C38H30N2. The van der Waals surface area contributed by atoms with Crippen molar-refractivity contribution in [2.24, 2.45) is 0 Å². The van der Waals surface area contributed by atoms with Crippen molar-refractivity contribution < 1.29 is 0 Å². The Morgan fingerprint density at radius 1 is 0.650 bits per heavy atom. The SMILES string of the molecule is CC1(C)c2ccccc2-c2nc(-c3ccccc3)nc(C3CCc4cc5ccccc5cc4-c4ccccc43)c21. The van der Waals surface area contributed by atoms with E-state index < -0.39 is 0 Å². The van der Waals surface area contributed by atoms with Gasteiger partial charge >= 0.3 is 0 Å². The molecule has 0 saturated heterocycles. The molecule has 0 saturated carbocycles. The summed E-state index contributed by atoms with van der Waals surface area (Å²) >= 11 is 0. The lowest BCUT2D eigenvalue weighted by molar-refractivity contribution is 0.616. The van der Waals surface area contributed by atoms with E-state index in [2.05, 4.69) is 129 Å². The van der Waals surface area contributed by atoms with Crippen LogP contribution in [0.2, 0.25) is 0 Å². The minimum absolute atomic E-state index is 0.166. The largest absolute Gasteiger partial charge is 0.232 e. The first-order chi connectivity index (χ1) is 19.6. The minimum Gasteiger partial charge on any atom is -0.232 e. The molecule has 40 heavy (non-hydrogen) atoms. The van der Waals surface area contributed by atoms with E-state index in [0.717, 1.165) is 29.9 Å². The molecule has 0 bridgehead atoms. The fourth-order valence-electron chi connectivity index (χ4n) is 7.16. The van der Waals surface area contributed by atoms with E-state index in [4.69, 9.17) is 9.97 Å². The maximum atomic E-state index is 5.46. The van der Waals surface area contributed by atoms with Crippen LogP contribution in [0.15, 0.2) is 115 Å². The molecule has 2 aliphatic carbocycles. The molecule has 5 aromatic carbocycles. The lowest BCUT2D eigenvalue weighted by Crippen LogP contribution is -2.21. The number of hydrogen-bond acceptors (Lipinski definition) is 2. The predicted octanol–water partition coefficient (Wildman–Crippen LogP) is 9.35. The van der Waals surface area contributed by atoms with E-state index in [1.54, 1.807) is 0 Å². The van der Waals surface area contributed by atoms with Crippen LogP contribution in [0.4, 0.5) is 0 Å². The molecule has 1 aromatic heterocycles.